The van der Waals surface area contributed by atoms with E-state index in [1.807, 2.05) is 0 Å². The molecule has 0 saturated heterocycles. The van der Waals surface area contributed by atoms with Gasteiger partial charge in [-0.15, -0.1) is 11.3 Å². The van der Waals surface area contributed by atoms with Crippen molar-refractivity contribution in [2.45, 2.75) is 16.4 Å². The maximum absolute atomic E-state index is 12.9. The first-order chi connectivity index (χ1) is 11.3. The molecule has 2 aromatic rings. The summed E-state index contributed by atoms with van der Waals surface area (Å²) in [6.07, 6.45) is 0. The van der Waals surface area contributed by atoms with Gasteiger partial charge >= 0.3 is 0 Å². The van der Waals surface area contributed by atoms with Crippen molar-refractivity contribution in [2.24, 2.45) is 0 Å². The minimum atomic E-state index is -3.71. The lowest BCUT2D eigenvalue weighted by Gasteiger charge is -2.18. The standard InChI is InChI=1S/C15H19NO5S3/c1-3-23(17,18)16-11-14(12-6-8-13(21-2)9-7-12)24(19,20)15-5-4-10-22-15/h4-10,14,16H,3,11H2,1-2H3/t14-/m0/s1. The topological polar surface area (TPSA) is 89.5 Å². The molecule has 1 aromatic carbocycles. The van der Waals surface area contributed by atoms with E-state index in [-0.39, 0.29) is 16.5 Å². The Bertz CT molecular complexity index is 856. The van der Waals surface area contributed by atoms with E-state index in [4.69, 9.17) is 4.74 Å². The van der Waals surface area contributed by atoms with Crippen molar-refractivity contribution >= 4 is 31.2 Å². The van der Waals surface area contributed by atoms with Crippen molar-refractivity contribution in [3.63, 3.8) is 0 Å². The highest BCUT2D eigenvalue weighted by Crippen LogP contribution is 2.32. The molecule has 1 N–H and O–H groups in total. The van der Waals surface area contributed by atoms with Gasteiger partial charge in [0.15, 0.2) is 9.84 Å². The Kier molecular flexibility index (Phi) is 6.02. The molecule has 0 aliphatic heterocycles. The molecule has 9 heteroatoms. The summed E-state index contributed by atoms with van der Waals surface area (Å²) in [4.78, 5) is 0. The molecule has 0 fully saturated rings. The van der Waals surface area contributed by atoms with Gasteiger partial charge in [0.25, 0.3) is 0 Å². The number of nitrogens with one attached hydrogen (secondary N) is 1. The average Bonchev–Trinajstić information content (AvgIpc) is 3.10. The van der Waals surface area contributed by atoms with Crippen LogP contribution in [0.1, 0.15) is 17.7 Å². The predicted octanol–water partition coefficient (Wildman–Crippen LogP) is 2.21. The first kappa shape index (κ1) is 18.9. The summed E-state index contributed by atoms with van der Waals surface area (Å²) in [7, 11) is -5.69. The van der Waals surface area contributed by atoms with Crippen LogP contribution in [0.25, 0.3) is 0 Å². The number of methoxy groups -OCH3 is 1. The summed E-state index contributed by atoms with van der Waals surface area (Å²) in [5.74, 6) is 0.488. The highest BCUT2D eigenvalue weighted by Gasteiger charge is 2.31. The SMILES string of the molecule is CCS(=O)(=O)NC[C@@H](c1ccc(OC)cc1)S(=O)(=O)c1cccs1. The zero-order valence-electron chi connectivity index (χ0n) is 13.3. The summed E-state index contributed by atoms with van der Waals surface area (Å²) < 4.78 is 56.9. The van der Waals surface area contributed by atoms with Gasteiger partial charge in [0.05, 0.1) is 12.9 Å². The van der Waals surface area contributed by atoms with Crippen LogP contribution in [0.4, 0.5) is 0 Å². The fraction of sp³-hybridized carbons (Fsp3) is 0.333. The number of hydrogen-bond acceptors (Lipinski definition) is 6. The third kappa shape index (κ3) is 4.35. The number of benzene rings is 1. The van der Waals surface area contributed by atoms with Gasteiger partial charge in [0.1, 0.15) is 15.2 Å². The summed E-state index contributed by atoms with van der Waals surface area (Å²) in [6.45, 7) is 1.28. The number of sulfonamides is 1. The highest BCUT2D eigenvalue weighted by molar-refractivity contribution is 7.93. The van der Waals surface area contributed by atoms with Crippen LogP contribution in [0.3, 0.4) is 0 Å². The van der Waals surface area contributed by atoms with Crippen LogP contribution < -0.4 is 9.46 Å². The molecular weight excluding hydrogens is 370 g/mol. The van der Waals surface area contributed by atoms with E-state index in [2.05, 4.69) is 4.72 Å². The van der Waals surface area contributed by atoms with Gasteiger partial charge in [-0.1, -0.05) is 18.2 Å². The molecule has 1 aromatic heterocycles. The van der Waals surface area contributed by atoms with Crippen LogP contribution >= 0.6 is 11.3 Å². The molecule has 0 spiro atoms. The molecule has 132 valence electrons. The quantitative estimate of drug-likeness (QED) is 0.748. The summed E-state index contributed by atoms with van der Waals surface area (Å²) in [5.41, 5.74) is 0.503. The van der Waals surface area contributed by atoms with Gasteiger partial charge in [-0.25, -0.2) is 21.6 Å². The van der Waals surface area contributed by atoms with E-state index in [0.29, 0.717) is 11.3 Å². The third-order valence-corrected chi connectivity index (χ3v) is 8.40. The summed E-state index contributed by atoms with van der Waals surface area (Å²) in [5, 5.41) is 0.664. The Morgan fingerprint density at radius 1 is 1.12 bits per heavy atom. The summed E-state index contributed by atoms with van der Waals surface area (Å²) >= 11 is 1.11. The summed E-state index contributed by atoms with van der Waals surface area (Å²) in [6, 6.07) is 9.74. The Labute approximate surface area is 146 Å². The Hall–Kier alpha value is -1.42. The van der Waals surface area contributed by atoms with Gasteiger partial charge < -0.3 is 4.74 Å². The van der Waals surface area contributed by atoms with Crippen LogP contribution in [0, 0.1) is 0 Å². The van der Waals surface area contributed by atoms with Gasteiger partial charge in [-0.05, 0) is 36.1 Å². The van der Waals surface area contributed by atoms with Crippen molar-refractivity contribution in [3.8, 4) is 5.75 Å². The van der Waals surface area contributed by atoms with Gasteiger partial charge in [0, 0.05) is 6.54 Å². The molecule has 0 unspecified atom stereocenters. The molecule has 0 amide bonds. The first-order valence-electron chi connectivity index (χ1n) is 7.19. The highest BCUT2D eigenvalue weighted by atomic mass is 32.2. The van der Waals surface area contributed by atoms with E-state index < -0.39 is 25.1 Å². The van der Waals surface area contributed by atoms with E-state index >= 15 is 0 Å². The normalized spacial score (nSPS) is 13.6. The minimum Gasteiger partial charge on any atom is -0.497 e. The van der Waals surface area contributed by atoms with Crippen LogP contribution in [0.5, 0.6) is 5.75 Å². The average molecular weight is 390 g/mol. The molecule has 1 atom stereocenters. The number of ether oxygens (including phenoxy) is 1. The van der Waals surface area contributed by atoms with Gasteiger partial charge in [-0.2, -0.15) is 0 Å². The van der Waals surface area contributed by atoms with Gasteiger partial charge in [-0.3, -0.25) is 0 Å². The second-order valence-electron chi connectivity index (χ2n) is 4.99. The van der Waals surface area contributed by atoms with E-state index in [9.17, 15) is 16.8 Å². The molecule has 24 heavy (non-hydrogen) atoms. The van der Waals surface area contributed by atoms with Crippen molar-refractivity contribution in [1.29, 1.82) is 0 Å². The predicted molar refractivity (Wildman–Crippen MR) is 94.7 cm³/mol. The fourth-order valence-corrected chi connectivity index (χ4v) is 5.69. The number of rotatable bonds is 8. The van der Waals surface area contributed by atoms with Crippen LogP contribution in [0.15, 0.2) is 46.0 Å². The third-order valence-electron chi connectivity index (χ3n) is 3.51. The molecule has 0 aliphatic carbocycles. The second kappa shape index (κ2) is 7.64. The van der Waals surface area contributed by atoms with Crippen LogP contribution in [-0.2, 0) is 19.9 Å². The maximum atomic E-state index is 12.9. The van der Waals surface area contributed by atoms with Crippen LogP contribution in [-0.4, -0.2) is 36.2 Å². The molecule has 2 rings (SSSR count). The lowest BCUT2D eigenvalue weighted by Crippen LogP contribution is -2.32. The number of sulfone groups is 1. The zero-order valence-corrected chi connectivity index (χ0v) is 15.7. The second-order valence-corrected chi connectivity index (χ2v) is 10.4. The molecule has 0 saturated carbocycles. The van der Waals surface area contributed by atoms with E-state index in [1.54, 1.807) is 35.7 Å². The molecule has 0 bridgehead atoms. The van der Waals surface area contributed by atoms with Crippen molar-refractivity contribution in [1.82, 2.24) is 4.72 Å². The maximum Gasteiger partial charge on any atom is 0.211 e. The Morgan fingerprint density at radius 3 is 2.29 bits per heavy atom. The zero-order chi connectivity index (χ0) is 17.8. The number of hydrogen-bond donors (Lipinski definition) is 1. The minimum absolute atomic E-state index is 0.110. The van der Waals surface area contributed by atoms with Crippen LogP contribution in [0.2, 0.25) is 0 Å². The first-order valence-corrected chi connectivity index (χ1v) is 11.3. The van der Waals surface area contributed by atoms with E-state index in [1.165, 1.54) is 20.1 Å². The molecule has 0 radical (unpaired) electrons. The van der Waals surface area contributed by atoms with Gasteiger partial charge in [0.2, 0.25) is 10.0 Å². The largest absolute Gasteiger partial charge is 0.497 e. The van der Waals surface area contributed by atoms with Crippen molar-refractivity contribution < 1.29 is 21.6 Å². The molecule has 6 nitrogen and oxygen atoms in total. The number of thiophene rings is 1. The smallest absolute Gasteiger partial charge is 0.211 e. The van der Waals surface area contributed by atoms with Crippen molar-refractivity contribution in [3.05, 3.63) is 47.3 Å². The molecule has 1 heterocycles. The lowest BCUT2D eigenvalue weighted by molar-refractivity contribution is 0.414. The molecule has 0 aliphatic rings. The van der Waals surface area contributed by atoms with E-state index in [0.717, 1.165) is 11.3 Å². The lowest BCUT2D eigenvalue weighted by atomic mass is 10.1. The monoisotopic (exact) mass is 389 g/mol. The Morgan fingerprint density at radius 2 is 1.79 bits per heavy atom. The molecular formula is C15H19NO5S3. The Balaban J connectivity index is 2.41. The fourth-order valence-electron chi connectivity index (χ4n) is 2.10. The van der Waals surface area contributed by atoms with Crippen molar-refractivity contribution in [2.75, 3.05) is 19.4 Å².